The van der Waals surface area contributed by atoms with E-state index in [-0.39, 0.29) is 0 Å². The number of hydrogen-bond acceptors (Lipinski definition) is 6. The van der Waals surface area contributed by atoms with Gasteiger partial charge < -0.3 is 29.9 Å². The minimum absolute atomic E-state index is 0.482. The largest absolute Gasteiger partial charge is 0.464 e. The molecule has 1 aliphatic heterocycles. The highest BCUT2D eigenvalue weighted by Gasteiger charge is 2.71. The lowest BCUT2D eigenvalue weighted by atomic mass is 9.89. The van der Waals surface area contributed by atoms with E-state index in [1.54, 1.807) is 12.1 Å². The fraction of sp³-hybridized carbons (Fsp3) is 0.368. The lowest BCUT2D eigenvalue weighted by Crippen LogP contribution is -2.64. The van der Waals surface area contributed by atoms with Crippen molar-refractivity contribution in [2.45, 2.75) is 24.3 Å². The Balaban J connectivity index is 1.47. The summed E-state index contributed by atoms with van der Waals surface area (Å²) in [6.07, 6.45) is -3.35. The molecule has 2 aromatic carbocycles. The SMILES string of the molecule is OCC1C(O)C(O)C2C(Oc3ccc(-c4ccccc4)cc3)OC12O. The van der Waals surface area contributed by atoms with Gasteiger partial charge in [-0.15, -0.1) is 0 Å². The van der Waals surface area contributed by atoms with E-state index in [1.807, 2.05) is 42.5 Å². The Bertz CT molecular complexity index is 733. The summed E-state index contributed by atoms with van der Waals surface area (Å²) < 4.78 is 11.1. The maximum atomic E-state index is 10.4. The zero-order chi connectivity index (χ0) is 17.6. The summed E-state index contributed by atoms with van der Waals surface area (Å²) in [6, 6.07) is 17.3. The fourth-order valence-electron chi connectivity index (χ4n) is 3.72. The Kier molecular flexibility index (Phi) is 4.02. The minimum Gasteiger partial charge on any atom is -0.464 e. The maximum Gasteiger partial charge on any atom is 0.213 e. The quantitative estimate of drug-likeness (QED) is 0.653. The first-order chi connectivity index (χ1) is 12.0. The van der Waals surface area contributed by atoms with Crippen LogP contribution >= 0.6 is 0 Å². The van der Waals surface area contributed by atoms with Crippen molar-refractivity contribution in [3.63, 3.8) is 0 Å². The van der Waals surface area contributed by atoms with Crippen molar-refractivity contribution in [1.82, 2.24) is 0 Å². The zero-order valence-electron chi connectivity index (χ0n) is 13.4. The maximum absolute atomic E-state index is 10.4. The van der Waals surface area contributed by atoms with E-state index in [0.717, 1.165) is 11.1 Å². The summed E-state index contributed by atoms with van der Waals surface area (Å²) in [6.45, 7) is -0.482. The second-order valence-electron chi connectivity index (χ2n) is 6.54. The summed E-state index contributed by atoms with van der Waals surface area (Å²) in [5.74, 6) is -3.00. The van der Waals surface area contributed by atoms with Gasteiger partial charge in [0.2, 0.25) is 6.29 Å². The van der Waals surface area contributed by atoms with Crippen LogP contribution in [0.4, 0.5) is 0 Å². The van der Waals surface area contributed by atoms with Gasteiger partial charge in [-0.1, -0.05) is 42.5 Å². The van der Waals surface area contributed by atoms with Gasteiger partial charge in [0.15, 0.2) is 5.79 Å². The van der Waals surface area contributed by atoms with Gasteiger partial charge in [0, 0.05) is 0 Å². The molecule has 1 saturated heterocycles. The highest BCUT2D eigenvalue weighted by Crippen LogP contribution is 2.52. The predicted octanol–water partition coefficient (Wildman–Crippen LogP) is 0.737. The smallest absolute Gasteiger partial charge is 0.213 e. The molecule has 2 fully saturated rings. The second-order valence-corrected chi connectivity index (χ2v) is 6.54. The molecule has 1 aliphatic carbocycles. The van der Waals surface area contributed by atoms with Crippen LogP contribution < -0.4 is 4.74 Å². The van der Waals surface area contributed by atoms with Gasteiger partial charge in [0.25, 0.3) is 0 Å². The standard InChI is InChI=1S/C19H20O6/c20-10-14-16(21)17(22)15-18(25-19(14,15)23)24-13-8-6-12(7-9-13)11-4-2-1-3-5-11/h1-9,14-18,20-23H,10H2. The van der Waals surface area contributed by atoms with Crippen LogP contribution in [0.15, 0.2) is 54.6 Å². The van der Waals surface area contributed by atoms with Gasteiger partial charge in [-0.25, -0.2) is 0 Å². The molecule has 0 spiro atoms. The number of aliphatic hydroxyl groups excluding tert-OH is 3. The normalized spacial score (nSPS) is 36.6. The molecule has 1 saturated carbocycles. The molecule has 2 aliphatic rings. The molecule has 132 valence electrons. The van der Waals surface area contributed by atoms with E-state index < -0.39 is 42.7 Å². The van der Waals surface area contributed by atoms with Crippen molar-refractivity contribution in [2.24, 2.45) is 11.8 Å². The van der Waals surface area contributed by atoms with Crippen molar-refractivity contribution < 1.29 is 29.9 Å². The van der Waals surface area contributed by atoms with E-state index in [0.29, 0.717) is 5.75 Å². The van der Waals surface area contributed by atoms with Gasteiger partial charge >= 0.3 is 0 Å². The van der Waals surface area contributed by atoms with Crippen LogP contribution in [0, 0.1) is 11.8 Å². The number of hydrogen-bond donors (Lipinski definition) is 4. The van der Waals surface area contributed by atoms with E-state index in [2.05, 4.69) is 0 Å². The first-order valence-corrected chi connectivity index (χ1v) is 8.24. The Labute approximate surface area is 144 Å². The third-order valence-electron chi connectivity index (χ3n) is 5.15. The molecular weight excluding hydrogens is 324 g/mol. The zero-order valence-corrected chi connectivity index (χ0v) is 13.4. The summed E-state index contributed by atoms with van der Waals surface area (Å²) >= 11 is 0. The highest BCUT2D eigenvalue weighted by molar-refractivity contribution is 5.63. The van der Waals surface area contributed by atoms with Crippen LogP contribution in [0.2, 0.25) is 0 Å². The Morgan fingerprint density at radius 3 is 2.20 bits per heavy atom. The van der Waals surface area contributed by atoms with Crippen LogP contribution in [-0.4, -0.2) is 51.3 Å². The molecule has 4 rings (SSSR count). The first kappa shape index (κ1) is 16.5. The van der Waals surface area contributed by atoms with Crippen LogP contribution in [0.1, 0.15) is 0 Å². The van der Waals surface area contributed by atoms with Crippen molar-refractivity contribution in [3.05, 3.63) is 54.6 Å². The van der Waals surface area contributed by atoms with Crippen molar-refractivity contribution in [2.75, 3.05) is 6.61 Å². The number of aliphatic hydroxyl groups is 4. The summed E-state index contributed by atoms with van der Waals surface area (Å²) in [7, 11) is 0. The molecule has 6 atom stereocenters. The van der Waals surface area contributed by atoms with Gasteiger partial charge in [-0.3, -0.25) is 0 Å². The number of fused-ring (bicyclic) bond motifs is 1. The van der Waals surface area contributed by atoms with Gasteiger partial charge in [0.1, 0.15) is 11.7 Å². The molecule has 6 nitrogen and oxygen atoms in total. The molecule has 0 aromatic heterocycles. The van der Waals surface area contributed by atoms with Crippen LogP contribution in [0.5, 0.6) is 5.75 Å². The fourth-order valence-corrected chi connectivity index (χ4v) is 3.72. The van der Waals surface area contributed by atoms with Crippen molar-refractivity contribution >= 4 is 0 Å². The Morgan fingerprint density at radius 1 is 0.920 bits per heavy atom. The molecule has 0 bridgehead atoms. The van der Waals surface area contributed by atoms with Crippen LogP contribution in [0.3, 0.4) is 0 Å². The van der Waals surface area contributed by atoms with Crippen molar-refractivity contribution in [3.8, 4) is 16.9 Å². The molecule has 6 heteroatoms. The lowest BCUT2D eigenvalue weighted by molar-refractivity contribution is -0.422. The van der Waals surface area contributed by atoms with Gasteiger partial charge in [0.05, 0.1) is 24.7 Å². The molecule has 2 aromatic rings. The molecule has 0 radical (unpaired) electrons. The molecular formula is C19H20O6. The summed E-state index contributed by atoms with van der Waals surface area (Å²) in [4.78, 5) is 0. The molecule has 0 amide bonds. The second kappa shape index (κ2) is 6.09. The molecule has 6 unspecified atom stereocenters. The lowest BCUT2D eigenvalue weighted by Gasteiger charge is -2.49. The van der Waals surface area contributed by atoms with E-state index in [1.165, 1.54) is 0 Å². The van der Waals surface area contributed by atoms with Gasteiger partial charge in [-0.05, 0) is 23.3 Å². The van der Waals surface area contributed by atoms with Crippen molar-refractivity contribution in [1.29, 1.82) is 0 Å². The monoisotopic (exact) mass is 344 g/mol. The number of ether oxygens (including phenoxy) is 2. The van der Waals surface area contributed by atoms with E-state index in [4.69, 9.17) is 9.47 Å². The molecule has 1 heterocycles. The van der Waals surface area contributed by atoms with E-state index in [9.17, 15) is 20.4 Å². The van der Waals surface area contributed by atoms with Crippen LogP contribution in [-0.2, 0) is 4.74 Å². The Morgan fingerprint density at radius 2 is 1.56 bits per heavy atom. The van der Waals surface area contributed by atoms with Crippen LogP contribution in [0.25, 0.3) is 11.1 Å². The highest BCUT2D eigenvalue weighted by atomic mass is 16.8. The predicted molar refractivity (Wildman–Crippen MR) is 88.4 cm³/mol. The number of rotatable bonds is 4. The van der Waals surface area contributed by atoms with E-state index >= 15 is 0 Å². The summed E-state index contributed by atoms with van der Waals surface area (Å²) in [5, 5.41) is 39.8. The van der Waals surface area contributed by atoms with Gasteiger partial charge in [-0.2, -0.15) is 0 Å². The minimum atomic E-state index is -1.76. The number of benzene rings is 2. The third kappa shape index (κ3) is 2.54. The third-order valence-corrected chi connectivity index (χ3v) is 5.15. The summed E-state index contributed by atoms with van der Waals surface area (Å²) in [5.41, 5.74) is 2.12. The molecule has 4 N–H and O–H groups in total. The topological polar surface area (TPSA) is 99.4 Å². The first-order valence-electron chi connectivity index (χ1n) is 8.24. The average molecular weight is 344 g/mol. The Hall–Kier alpha value is -1.96. The average Bonchev–Trinajstić information content (AvgIpc) is 2.76. The molecule has 25 heavy (non-hydrogen) atoms.